The lowest BCUT2D eigenvalue weighted by molar-refractivity contribution is -0.142. The second-order valence-electron chi connectivity index (χ2n) is 3.15. The van der Waals surface area contributed by atoms with Crippen molar-refractivity contribution in [1.29, 1.82) is 0 Å². The fourth-order valence-corrected chi connectivity index (χ4v) is 1.35. The van der Waals surface area contributed by atoms with E-state index in [2.05, 4.69) is 0 Å². The molecule has 0 saturated carbocycles. The van der Waals surface area contributed by atoms with Crippen LogP contribution in [0.25, 0.3) is 0 Å². The van der Waals surface area contributed by atoms with Gasteiger partial charge in [-0.3, -0.25) is 4.79 Å². The van der Waals surface area contributed by atoms with E-state index in [0.717, 1.165) is 17.7 Å². The van der Waals surface area contributed by atoms with Crippen molar-refractivity contribution in [2.24, 2.45) is 0 Å². The normalized spacial score (nSPS) is 22.3. The maximum atomic E-state index is 11.9. The maximum Gasteiger partial charge on any atom is 0.315 e. The molecule has 5 heteroatoms. The van der Waals surface area contributed by atoms with Crippen LogP contribution in [0, 0.1) is 0 Å². The van der Waals surface area contributed by atoms with Crippen LogP contribution in [0.2, 0.25) is 0 Å². The molecule has 1 atom stereocenters. The second-order valence-corrected chi connectivity index (χ2v) is 3.15. The monoisotopic (exact) mass is 193 g/mol. The number of carbonyl (C=O) groups is 1. The highest BCUT2D eigenvalue weighted by molar-refractivity contribution is 5.79. The summed E-state index contributed by atoms with van der Waals surface area (Å²) in [5.74, 6) is -1.13. The summed E-state index contributed by atoms with van der Waals surface area (Å²) in [6, 6.07) is 0. The molecule has 0 aliphatic carbocycles. The van der Waals surface area contributed by atoms with E-state index in [4.69, 9.17) is 4.74 Å². The zero-order chi connectivity index (χ0) is 9.84. The molecular formula is C8H13F2NO2. The van der Waals surface area contributed by atoms with E-state index < -0.39 is 12.3 Å². The SMILES string of the molecule is CN(CC1CCCO1)C(=O)C(F)F. The molecule has 1 fully saturated rings. The van der Waals surface area contributed by atoms with Gasteiger partial charge in [-0.05, 0) is 12.8 Å². The molecule has 76 valence electrons. The van der Waals surface area contributed by atoms with E-state index in [9.17, 15) is 13.6 Å². The van der Waals surface area contributed by atoms with Crippen molar-refractivity contribution < 1.29 is 18.3 Å². The van der Waals surface area contributed by atoms with Crippen molar-refractivity contribution in [2.75, 3.05) is 20.2 Å². The molecular weight excluding hydrogens is 180 g/mol. The molecule has 13 heavy (non-hydrogen) atoms. The molecule has 0 N–H and O–H groups in total. The summed E-state index contributed by atoms with van der Waals surface area (Å²) < 4.78 is 29.1. The van der Waals surface area contributed by atoms with Gasteiger partial charge in [0.1, 0.15) is 0 Å². The predicted molar refractivity (Wildman–Crippen MR) is 42.6 cm³/mol. The predicted octanol–water partition coefficient (Wildman–Crippen LogP) is 0.889. The van der Waals surface area contributed by atoms with Crippen LogP contribution in [0.5, 0.6) is 0 Å². The molecule has 3 nitrogen and oxygen atoms in total. The van der Waals surface area contributed by atoms with Gasteiger partial charge in [0.2, 0.25) is 0 Å². The standard InChI is InChI=1S/C8H13F2NO2/c1-11(8(12)7(9)10)5-6-3-2-4-13-6/h6-7H,2-5H2,1H3. The van der Waals surface area contributed by atoms with Crippen LogP contribution < -0.4 is 0 Å². The van der Waals surface area contributed by atoms with Crippen LogP contribution in [0.15, 0.2) is 0 Å². The first-order valence-corrected chi connectivity index (χ1v) is 4.26. The van der Waals surface area contributed by atoms with Gasteiger partial charge in [-0.2, -0.15) is 8.78 Å². The van der Waals surface area contributed by atoms with Gasteiger partial charge < -0.3 is 9.64 Å². The van der Waals surface area contributed by atoms with Gasteiger partial charge in [0.25, 0.3) is 5.91 Å². The van der Waals surface area contributed by atoms with Gasteiger partial charge in [0.15, 0.2) is 0 Å². The molecule has 1 amide bonds. The number of rotatable bonds is 3. The van der Waals surface area contributed by atoms with E-state index in [-0.39, 0.29) is 12.6 Å². The number of hydrogen-bond donors (Lipinski definition) is 0. The van der Waals surface area contributed by atoms with Crippen LogP contribution in [0.1, 0.15) is 12.8 Å². The van der Waals surface area contributed by atoms with Crippen LogP contribution >= 0.6 is 0 Å². The summed E-state index contributed by atoms with van der Waals surface area (Å²) >= 11 is 0. The number of alkyl halides is 2. The molecule has 1 aliphatic rings. The Balaban J connectivity index is 2.31. The largest absolute Gasteiger partial charge is 0.376 e. The van der Waals surface area contributed by atoms with E-state index in [0.29, 0.717) is 6.61 Å². The Morgan fingerprint density at radius 3 is 2.85 bits per heavy atom. The molecule has 0 aromatic carbocycles. The first-order valence-electron chi connectivity index (χ1n) is 4.26. The highest BCUT2D eigenvalue weighted by Crippen LogP contribution is 2.13. The molecule has 1 rings (SSSR count). The Labute approximate surface area is 75.7 Å². The fraction of sp³-hybridized carbons (Fsp3) is 0.875. The smallest absolute Gasteiger partial charge is 0.315 e. The van der Waals surface area contributed by atoms with E-state index >= 15 is 0 Å². The van der Waals surface area contributed by atoms with Crippen LogP contribution in [0.3, 0.4) is 0 Å². The second kappa shape index (κ2) is 4.50. The highest BCUT2D eigenvalue weighted by atomic mass is 19.3. The average molecular weight is 193 g/mol. The highest BCUT2D eigenvalue weighted by Gasteiger charge is 2.24. The van der Waals surface area contributed by atoms with E-state index in [1.54, 1.807) is 0 Å². The van der Waals surface area contributed by atoms with Crippen molar-refractivity contribution in [2.45, 2.75) is 25.4 Å². The average Bonchev–Trinajstić information content (AvgIpc) is 2.55. The van der Waals surface area contributed by atoms with Gasteiger partial charge in [0.05, 0.1) is 6.10 Å². The number of nitrogens with zero attached hydrogens (tertiary/aromatic N) is 1. The minimum atomic E-state index is -2.91. The first kappa shape index (κ1) is 10.4. The number of amides is 1. The summed E-state index contributed by atoms with van der Waals surface area (Å²) in [5.41, 5.74) is 0. The number of halogens is 2. The third-order valence-corrected chi connectivity index (χ3v) is 2.06. The molecule has 0 bridgehead atoms. The van der Waals surface area contributed by atoms with Crippen LogP contribution in [0.4, 0.5) is 8.78 Å². The maximum absolute atomic E-state index is 11.9. The van der Waals surface area contributed by atoms with Crippen molar-refractivity contribution in [3.63, 3.8) is 0 Å². The first-order chi connectivity index (χ1) is 6.11. The minimum absolute atomic E-state index is 0.0623. The third kappa shape index (κ3) is 2.91. The molecule has 0 spiro atoms. The van der Waals surface area contributed by atoms with Crippen molar-refractivity contribution in [3.05, 3.63) is 0 Å². The van der Waals surface area contributed by atoms with Gasteiger partial charge in [-0.15, -0.1) is 0 Å². The Morgan fingerprint density at radius 1 is 1.69 bits per heavy atom. The number of likely N-dealkylation sites (N-methyl/N-ethyl adjacent to an activating group) is 1. The Kier molecular flexibility index (Phi) is 3.59. The Hall–Kier alpha value is -0.710. The molecule has 1 saturated heterocycles. The van der Waals surface area contributed by atoms with Gasteiger partial charge in [-0.25, -0.2) is 0 Å². The number of carbonyl (C=O) groups excluding carboxylic acids is 1. The number of ether oxygens (including phenoxy) is 1. The zero-order valence-electron chi connectivity index (χ0n) is 7.50. The Bertz CT molecular complexity index is 181. The third-order valence-electron chi connectivity index (χ3n) is 2.06. The summed E-state index contributed by atoms with van der Waals surface area (Å²) in [5, 5.41) is 0. The molecule has 0 radical (unpaired) electrons. The molecule has 1 heterocycles. The lowest BCUT2D eigenvalue weighted by Gasteiger charge is -2.20. The summed E-state index contributed by atoms with van der Waals surface area (Å²) in [6.07, 6.45) is -1.18. The minimum Gasteiger partial charge on any atom is -0.376 e. The van der Waals surface area contributed by atoms with Gasteiger partial charge in [0, 0.05) is 20.2 Å². The lowest BCUT2D eigenvalue weighted by atomic mass is 10.2. The van der Waals surface area contributed by atoms with Crippen molar-refractivity contribution in [3.8, 4) is 0 Å². The van der Waals surface area contributed by atoms with Crippen molar-refractivity contribution >= 4 is 5.91 Å². The fourth-order valence-electron chi connectivity index (χ4n) is 1.35. The molecule has 0 aromatic heterocycles. The lowest BCUT2D eigenvalue weighted by Crippen LogP contribution is -2.37. The number of hydrogen-bond acceptors (Lipinski definition) is 2. The van der Waals surface area contributed by atoms with E-state index in [1.165, 1.54) is 7.05 Å². The van der Waals surface area contributed by atoms with Crippen LogP contribution in [-0.2, 0) is 9.53 Å². The summed E-state index contributed by atoms with van der Waals surface area (Å²) in [6.45, 7) is 0.935. The topological polar surface area (TPSA) is 29.5 Å². The van der Waals surface area contributed by atoms with Crippen LogP contribution in [-0.4, -0.2) is 43.5 Å². The molecule has 1 aliphatic heterocycles. The van der Waals surface area contributed by atoms with Gasteiger partial charge in [-0.1, -0.05) is 0 Å². The molecule has 0 aromatic rings. The molecule has 1 unspecified atom stereocenters. The zero-order valence-corrected chi connectivity index (χ0v) is 7.50. The quantitative estimate of drug-likeness (QED) is 0.666. The summed E-state index contributed by atoms with van der Waals surface area (Å²) in [7, 11) is 1.37. The summed E-state index contributed by atoms with van der Waals surface area (Å²) in [4.78, 5) is 11.8. The van der Waals surface area contributed by atoms with Gasteiger partial charge >= 0.3 is 6.43 Å². The van der Waals surface area contributed by atoms with E-state index in [1.807, 2.05) is 0 Å². The Morgan fingerprint density at radius 2 is 2.38 bits per heavy atom. The van der Waals surface area contributed by atoms with Crippen molar-refractivity contribution in [1.82, 2.24) is 4.90 Å².